The van der Waals surface area contributed by atoms with E-state index in [-0.39, 0.29) is 6.61 Å². The molecule has 1 N–H and O–H groups in total. The Morgan fingerprint density at radius 2 is 1.84 bits per heavy atom. The molecular formula is C19H24BrNO4. The van der Waals surface area contributed by atoms with Crippen LogP contribution < -0.4 is 14.2 Å². The van der Waals surface area contributed by atoms with E-state index in [1.165, 1.54) is 0 Å². The Morgan fingerprint density at radius 3 is 2.52 bits per heavy atom. The fraction of sp³-hybridized carbons (Fsp3) is 0.368. The lowest BCUT2D eigenvalue weighted by Crippen LogP contribution is -2.32. The largest absolute Gasteiger partial charge is 0.493 e. The molecule has 0 amide bonds. The number of aliphatic hydroxyl groups is 1. The third-order valence-electron chi connectivity index (χ3n) is 3.66. The molecule has 0 saturated carbocycles. The van der Waals surface area contributed by atoms with Gasteiger partial charge in [0.1, 0.15) is 18.5 Å². The number of halogens is 1. The molecule has 0 radical (unpaired) electrons. The lowest BCUT2D eigenvalue weighted by molar-refractivity contribution is 0.0743. The van der Waals surface area contributed by atoms with Crippen molar-refractivity contribution in [3.63, 3.8) is 0 Å². The van der Waals surface area contributed by atoms with Gasteiger partial charge in [0.2, 0.25) is 0 Å². The first kappa shape index (κ1) is 19.6. The van der Waals surface area contributed by atoms with Gasteiger partial charge in [-0.05, 0) is 42.9 Å². The number of aliphatic hydroxyl groups excluding tert-OH is 1. The number of hydrogen-bond donors (Lipinski definition) is 1. The molecule has 0 aliphatic rings. The molecular weight excluding hydrogens is 386 g/mol. The minimum Gasteiger partial charge on any atom is -0.493 e. The normalized spacial score (nSPS) is 12.1. The second-order valence-electron chi connectivity index (χ2n) is 5.81. The van der Waals surface area contributed by atoms with Crippen molar-refractivity contribution in [2.45, 2.75) is 12.6 Å². The Morgan fingerprint density at radius 1 is 1.08 bits per heavy atom. The zero-order valence-corrected chi connectivity index (χ0v) is 16.3. The predicted octanol–water partition coefficient (Wildman–Crippen LogP) is 3.34. The predicted molar refractivity (Wildman–Crippen MR) is 102 cm³/mol. The molecule has 0 aromatic heterocycles. The van der Waals surface area contributed by atoms with E-state index in [4.69, 9.17) is 14.2 Å². The molecule has 2 rings (SSSR count). The maximum Gasteiger partial charge on any atom is 0.161 e. The van der Waals surface area contributed by atoms with Gasteiger partial charge in [0.25, 0.3) is 0 Å². The highest BCUT2D eigenvalue weighted by Gasteiger charge is 2.11. The minimum absolute atomic E-state index is 0.243. The maximum atomic E-state index is 10.2. The van der Waals surface area contributed by atoms with E-state index >= 15 is 0 Å². The number of likely N-dealkylation sites (N-methyl/N-ethyl adjacent to an activating group) is 1. The minimum atomic E-state index is -0.580. The second kappa shape index (κ2) is 9.65. The Bertz CT molecular complexity index is 680. The highest BCUT2D eigenvalue weighted by Crippen LogP contribution is 2.28. The molecule has 0 saturated heterocycles. The third-order valence-corrected chi connectivity index (χ3v) is 4.15. The second-order valence-corrected chi connectivity index (χ2v) is 6.72. The van der Waals surface area contributed by atoms with Crippen LogP contribution in [0.15, 0.2) is 46.9 Å². The van der Waals surface area contributed by atoms with Gasteiger partial charge in [-0.25, -0.2) is 0 Å². The van der Waals surface area contributed by atoms with E-state index in [9.17, 15) is 5.11 Å². The lowest BCUT2D eigenvalue weighted by atomic mass is 10.2. The first-order valence-electron chi connectivity index (χ1n) is 7.97. The average molecular weight is 410 g/mol. The average Bonchev–Trinajstić information content (AvgIpc) is 2.59. The van der Waals surface area contributed by atoms with Crippen LogP contribution in [0.5, 0.6) is 17.2 Å². The maximum absolute atomic E-state index is 10.2. The molecule has 0 bridgehead atoms. The van der Waals surface area contributed by atoms with Crippen molar-refractivity contribution >= 4 is 15.9 Å². The van der Waals surface area contributed by atoms with Gasteiger partial charge in [-0.2, -0.15) is 0 Å². The fourth-order valence-electron chi connectivity index (χ4n) is 2.52. The van der Waals surface area contributed by atoms with Gasteiger partial charge in [0, 0.05) is 17.6 Å². The van der Waals surface area contributed by atoms with E-state index in [0.717, 1.165) is 15.8 Å². The van der Waals surface area contributed by atoms with Crippen molar-refractivity contribution in [3.8, 4) is 17.2 Å². The molecule has 25 heavy (non-hydrogen) atoms. The Hall–Kier alpha value is -1.76. The van der Waals surface area contributed by atoms with E-state index in [1.54, 1.807) is 14.2 Å². The number of rotatable bonds is 9. The van der Waals surface area contributed by atoms with E-state index in [0.29, 0.717) is 24.6 Å². The molecule has 2 aromatic rings. The molecule has 136 valence electrons. The van der Waals surface area contributed by atoms with Crippen molar-refractivity contribution in [1.82, 2.24) is 4.90 Å². The van der Waals surface area contributed by atoms with Gasteiger partial charge >= 0.3 is 0 Å². The van der Waals surface area contributed by atoms with Crippen molar-refractivity contribution in [2.24, 2.45) is 0 Å². The molecule has 1 atom stereocenters. The van der Waals surface area contributed by atoms with E-state index < -0.39 is 6.10 Å². The molecule has 0 aliphatic heterocycles. The van der Waals surface area contributed by atoms with Crippen LogP contribution in [-0.4, -0.2) is 50.5 Å². The molecule has 2 aromatic carbocycles. The monoisotopic (exact) mass is 409 g/mol. The first-order valence-corrected chi connectivity index (χ1v) is 8.77. The Balaban J connectivity index is 1.83. The molecule has 0 spiro atoms. The number of benzene rings is 2. The van der Waals surface area contributed by atoms with Crippen LogP contribution in [0.2, 0.25) is 0 Å². The smallest absolute Gasteiger partial charge is 0.161 e. The topological polar surface area (TPSA) is 51.2 Å². The quantitative estimate of drug-likeness (QED) is 0.688. The van der Waals surface area contributed by atoms with Crippen molar-refractivity contribution < 1.29 is 19.3 Å². The van der Waals surface area contributed by atoms with Crippen molar-refractivity contribution in [2.75, 3.05) is 34.4 Å². The zero-order valence-electron chi connectivity index (χ0n) is 14.7. The number of ether oxygens (including phenoxy) is 3. The summed E-state index contributed by atoms with van der Waals surface area (Å²) in [5, 5.41) is 10.2. The lowest BCUT2D eigenvalue weighted by Gasteiger charge is -2.21. The summed E-state index contributed by atoms with van der Waals surface area (Å²) >= 11 is 3.40. The molecule has 0 unspecified atom stereocenters. The summed E-state index contributed by atoms with van der Waals surface area (Å²) in [5.41, 5.74) is 1.08. The van der Waals surface area contributed by atoms with Crippen LogP contribution in [-0.2, 0) is 6.54 Å². The standard InChI is InChI=1S/C19H24BrNO4/c1-21(11-14-7-8-18(23-2)19(9-14)24-3)12-16(22)13-25-17-6-4-5-15(20)10-17/h4-10,16,22H,11-13H2,1-3H3/t16-/m0/s1. The summed E-state index contributed by atoms with van der Waals surface area (Å²) < 4.78 is 17.1. The number of hydrogen-bond acceptors (Lipinski definition) is 5. The summed E-state index contributed by atoms with van der Waals surface area (Å²) in [5.74, 6) is 2.14. The summed E-state index contributed by atoms with van der Waals surface area (Å²) in [6.45, 7) is 1.43. The molecule has 0 heterocycles. The van der Waals surface area contributed by atoms with E-state index in [2.05, 4.69) is 15.9 Å². The van der Waals surface area contributed by atoms with Crippen molar-refractivity contribution in [3.05, 3.63) is 52.5 Å². The molecule has 0 aliphatic carbocycles. The van der Waals surface area contributed by atoms with Crippen LogP contribution in [0.1, 0.15) is 5.56 Å². The van der Waals surface area contributed by atoms with E-state index in [1.807, 2.05) is 54.4 Å². The SMILES string of the molecule is COc1ccc(CN(C)C[C@H](O)COc2cccc(Br)c2)cc1OC. The molecule has 0 fully saturated rings. The van der Waals surface area contributed by atoms with Crippen molar-refractivity contribution in [1.29, 1.82) is 0 Å². The fourth-order valence-corrected chi connectivity index (χ4v) is 2.90. The summed E-state index contributed by atoms with van der Waals surface area (Å²) in [4.78, 5) is 2.04. The highest BCUT2D eigenvalue weighted by atomic mass is 79.9. The van der Waals surface area contributed by atoms with Crippen LogP contribution in [0, 0.1) is 0 Å². The van der Waals surface area contributed by atoms with Crippen LogP contribution in [0.3, 0.4) is 0 Å². The first-order chi connectivity index (χ1) is 12.0. The Kier molecular flexibility index (Phi) is 7.55. The zero-order chi connectivity index (χ0) is 18.2. The summed E-state index contributed by atoms with van der Waals surface area (Å²) in [6, 6.07) is 13.4. The van der Waals surface area contributed by atoms with Gasteiger partial charge in [-0.1, -0.05) is 28.1 Å². The molecule has 5 nitrogen and oxygen atoms in total. The summed E-state index contributed by atoms with van der Waals surface area (Å²) in [6.07, 6.45) is -0.580. The number of nitrogens with zero attached hydrogens (tertiary/aromatic N) is 1. The van der Waals surface area contributed by atoms with Gasteiger partial charge in [0.15, 0.2) is 11.5 Å². The van der Waals surface area contributed by atoms with Crippen LogP contribution >= 0.6 is 15.9 Å². The van der Waals surface area contributed by atoms with Crippen LogP contribution in [0.4, 0.5) is 0 Å². The summed E-state index contributed by atoms with van der Waals surface area (Å²) in [7, 11) is 5.19. The molecule has 6 heteroatoms. The highest BCUT2D eigenvalue weighted by molar-refractivity contribution is 9.10. The Labute approximate surface area is 157 Å². The number of methoxy groups -OCH3 is 2. The van der Waals surface area contributed by atoms with Gasteiger partial charge in [0.05, 0.1) is 14.2 Å². The van der Waals surface area contributed by atoms with Gasteiger partial charge in [-0.15, -0.1) is 0 Å². The van der Waals surface area contributed by atoms with Gasteiger partial charge in [-0.3, -0.25) is 4.90 Å². The van der Waals surface area contributed by atoms with Gasteiger partial charge < -0.3 is 19.3 Å². The van der Waals surface area contributed by atoms with Crippen LogP contribution in [0.25, 0.3) is 0 Å². The third kappa shape index (κ3) is 6.23.